The van der Waals surface area contributed by atoms with E-state index in [1.807, 2.05) is 6.92 Å². The van der Waals surface area contributed by atoms with Crippen molar-refractivity contribution in [3.8, 4) is 0 Å². The van der Waals surface area contributed by atoms with E-state index in [-0.39, 0.29) is 41.8 Å². The maximum atomic E-state index is 12.9. The molecule has 0 atom stereocenters. The fraction of sp³-hybridized carbons (Fsp3) is 0.267. The Morgan fingerprint density at radius 3 is 2.65 bits per heavy atom. The smallest absolute Gasteiger partial charge is 0.280 e. The van der Waals surface area contributed by atoms with E-state index in [0.717, 1.165) is 9.87 Å². The van der Waals surface area contributed by atoms with Crippen molar-refractivity contribution in [2.24, 2.45) is 0 Å². The third kappa shape index (κ3) is 3.31. The van der Waals surface area contributed by atoms with Crippen LogP contribution in [0.1, 0.15) is 5.56 Å². The maximum Gasteiger partial charge on any atom is 0.280 e. The molecule has 0 aliphatic carbocycles. The molecule has 0 saturated carbocycles. The summed E-state index contributed by atoms with van der Waals surface area (Å²) in [5.41, 5.74) is 6.18. The second-order valence-electron chi connectivity index (χ2n) is 5.70. The van der Waals surface area contributed by atoms with Crippen LogP contribution in [0.4, 0.5) is 5.95 Å². The van der Waals surface area contributed by atoms with Crippen LogP contribution < -0.4 is 11.3 Å². The van der Waals surface area contributed by atoms with Crippen molar-refractivity contribution in [2.75, 3.05) is 18.9 Å². The van der Waals surface area contributed by atoms with Crippen molar-refractivity contribution in [2.45, 2.75) is 18.5 Å². The van der Waals surface area contributed by atoms with E-state index >= 15 is 0 Å². The third-order valence-electron chi connectivity index (χ3n) is 3.81. The zero-order valence-corrected chi connectivity index (χ0v) is 14.8. The summed E-state index contributed by atoms with van der Waals surface area (Å²) >= 11 is 0. The molecule has 3 aromatic rings. The summed E-state index contributed by atoms with van der Waals surface area (Å²) in [5.74, 6) is -0.0978. The molecule has 0 unspecified atom stereocenters. The Hall–Kier alpha value is -2.76. The van der Waals surface area contributed by atoms with E-state index in [1.165, 1.54) is 23.0 Å². The highest BCUT2D eigenvalue weighted by Gasteiger charge is 2.25. The van der Waals surface area contributed by atoms with Crippen LogP contribution in [-0.2, 0) is 16.7 Å². The van der Waals surface area contributed by atoms with Gasteiger partial charge < -0.3 is 15.4 Å². The lowest BCUT2D eigenvalue weighted by Gasteiger charge is -2.22. The Kier molecular flexibility index (Phi) is 4.76. The summed E-state index contributed by atoms with van der Waals surface area (Å²) in [7, 11) is -3.87. The molecule has 0 radical (unpaired) electrons. The molecule has 138 valence electrons. The van der Waals surface area contributed by atoms with Crippen molar-refractivity contribution in [1.29, 1.82) is 0 Å². The van der Waals surface area contributed by atoms with E-state index in [4.69, 9.17) is 5.73 Å². The molecular formula is C15H18N6O4S. The molecule has 0 fully saturated rings. The van der Waals surface area contributed by atoms with Gasteiger partial charge in [0.1, 0.15) is 0 Å². The van der Waals surface area contributed by atoms with Crippen LogP contribution in [0, 0.1) is 6.92 Å². The Morgan fingerprint density at radius 2 is 2.00 bits per heavy atom. The van der Waals surface area contributed by atoms with Gasteiger partial charge in [-0.05, 0) is 19.1 Å². The summed E-state index contributed by atoms with van der Waals surface area (Å²) < 4.78 is 28.3. The van der Waals surface area contributed by atoms with Crippen LogP contribution in [0.3, 0.4) is 0 Å². The Morgan fingerprint density at radius 1 is 1.31 bits per heavy atom. The second-order valence-corrected chi connectivity index (χ2v) is 7.63. The summed E-state index contributed by atoms with van der Waals surface area (Å²) in [4.78, 5) is 22.3. The highest BCUT2D eigenvalue weighted by Crippen LogP contribution is 2.18. The molecule has 4 N–H and O–H groups in total. The van der Waals surface area contributed by atoms with Crippen molar-refractivity contribution in [1.82, 2.24) is 23.8 Å². The van der Waals surface area contributed by atoms with Crippen molar-refractivity contribution < 1.29 is 13.5 Å². The Balaban J connectivity index is 2.02. The molecule has 2 aromatic heterocycles. The first-order chi connectivity index (χ1) is 12.3. The summed E-state index contributed by atoms with van der Waals surface area (Å²) in [6.07, 6.45) is 1.31. The minimum Gasteiger partial charge on any atom is -0.395 e. The lowest BCUT2D eigenvalue weighted by molar-refractivity contribution is 0.236. The first-order valence-electron chi connectivity index (χ1n) is 7.71. The topological polar surface area (TPSA) is 147 Å². The minimum absolute atomic E-state index is 0.0517. The highest BCUT2D eigenvalue weighted by molar-refractivity contribution is 7.89. The number of aromatic amines is 1. The summed E-state index contributed by atoms with van der Waals surface area (Å²) in [5, 5.41) is 9.30. The van der Waals surface area contributed by atoms with Gasteiger partial charge in [0.25, 0.3) is 5.56 Å². The van der Waals surface area contributed by atoms with Crippen LogP contribution in [-0.4, -0.2) is 50.5 Å². The number of aryl methyl sites for hydroxylation is 1. The van der Waals surface area contributed by atoms with Gasteiger partial charge in [-0.1, -0.05) is 17.7 Å². The van der Waals surface area contributed by atoms with Gasteiger partial charge in [-0.25, -0.2) is 13.4 Å². The molecule has 0 amide bonds. The third-order valence-corrected chi connectivity index (χ3v) is 5.66. The van der Waals surface area contributed by atoms with E-state index in [2.05, 4.69) is 15.0 Å². The summed E-state index contributed by atoms with van der Waals surface area (Å²) in [6, 6.07) is 6.39. The largest absolute Gasteiger partial charge is 0.395 e. The van der Waals surface area contributed by atoms with Crippen molar-refractivity contribution in [3.63, 3.8) is 0 Å². The Bertz CT molecular complexity index is 1090. The number of nitrogen functional groups attached to an aromatic ring is 1. The first kappa shape index (κ1) is 18.0. The van der Waals surface area contributed by atoms with Crippen LogP contribution in [0.25, 0.3) is 11.2 Å². The average molecular weight is 378 g/mol. The quantitative estimate of drug-likeness (QED) is 0.531. The zero-order chi connectivity index (χ0) is 18.9. The van der Waals surface area contributed by atoms with Crippen LogP contribution in [0.5, 0.6) is 0 Å². The maximum absolute atomic E-state index is 12.9. The zero-order valence-electron chi connectivity index (χ0n) is 14.0. The number of nitrogens with one attached hydrogen (secondary N) is 1. The number of nitrogens with zero attached hydrogens (tertiary/aromatic N) is 4. The van der Waals surface area contributed by atoms with Crippen LogP contribution in [0.15, 0.2) is 40.3 Å². The number of hydrogen-bond acceptors (Lipinski definition) is 7. The number of nitrogens with two attached hydrogens (primary N) is 1. The van der Waals surface area contributed by atoms with E-state index < -0.39 is 15.6 Å². The number of aromatic nitrogens is 4. The number of rotatable bonds is 6. The number of anilines is 1. The van der Waals surface area contributed by atoms with Gasteiger partial charge in [0.2, 0.25) is 16.0 Å². The number of aliphatic hydroxyl groups excluding tert-OH is 1. The SMILES string of the molecule is Cc1ccc(S(=O)(=O)N(CCO)Cn2cnc3c(=O)[nH]c(N)nc32)cc1. The van der Waals surface area contributed by atoms with Gasteiger partial charge in [-0.3, -0.25) is 9.78 Å². The number of aliphatic hydroxyl groups is 1. The highest BCUT2D eigenvalue weighted by atomic mass is 32.2. The van der Waals surface area contributed by atoms with Crippen molar-refractivity contribution >= 4 is 27.1 Å². The van der Waals surface area contributed by atoms with Crippen molar-refractivity contribution in [3.05, 3.63) is 46.5 Å². The molecular weight excluding hydrogens is 360 g/mol. The lowest BCUT2D eigenvalue weighted by Crippen LogP contribution is -2.35. The van der Waals surface area contributed by atoms with E-state index in [9.17, 15) is 18.3 Å². The average Bonchev–Trinajstić information content (AvgIpc) is 2.98. The normalized spacial score (nSPS) is 12.1. The molecule has 0 spiro atoms. The predicted octanol–water partition coefficient (Wildman–Crippen LogP) is -0.349. The molecule has 3 rings (SSSR count). The molecule has 11 heteroatoms. The van der Waals surface area contributed by atoms with Crippen LogP contribution in [0.2, 0.25) is 0 Å². The van der Waals surface area contributed by atoms with Gasteiger partial charge >= 0.3 is 0 Å². The van der Waals surface area contributed by atoms with Gasteiger partial charge in [-0.15, -0.1) is 0 Å². The molecule has 2 heterocycles. The van der Waals surface area contributed by atoms with E-state index in [0.29, 0.717) is 0 Å². The standard InChI is InChI=1S/C15H18N6O4S/c1-10-2-4-11(5-3-10)26(24,25)21(6-7-22)9-20-8-17-12-13(20)18-15(16)19-14(12)23/h2-5,8,22H,6-7,9H2,1H3,(H3,16,18,19,23). The fourth-order valence-corrected chi connectivity index (χ4v) is 3.86. The molecule has 0 aliphatic rings. The molecule has 0 aliphatic heterocycles. The monoisotopic (exact) mass is 378 g/mol. The van der Waals surface area contributed by atoms with Gasteiger partial charge in [0.15, 0.2) is 11.2 Å². The number of H-pyrrole nitrogens is 1. The number of sulfonamides is 1. The second kappa shape index (κ2) is 6.86. The fourth-order valence-electron chi connectivity index (χ4n) is 2.48. The van der Waals surface area contributed by atoms with Gasteiger partial charge in [-0.2, -0.15) is 9.29 Å². The number of hydrogen-bond donors (Lipinski definition) is 3. The predicted molar refractivity (Wildman–Crippen MR) is 94.7 cm³/mol. The molecule has 1 aromatic carbocycles. The summed E-state index contributed by atoms with van der Waals surface area (Å²) in [6.45, 7) is 1.18. The molecule has 26 heavy (non-hydrogen) atoms. The minimum atomic E-state index is -3.87. The first-order valence-corrected chi connectivity index (χ1v) is 9.15. The van der Waals surface area contributed by atoms with Gasteiger partial charge in [0.05, 0.1) is 24.5 Å². The number of imidazole rings is 1. The Labute approximate surface area is 149 Å². The van der Waals surface area contributed by atoms with E-state index in [1.54, 1.807) is 12.1 Å². The lowest BCUT2D eigenvalue weighted by atomic mass is 10.2. The number of fused-ring (bicyclic) bond motifs is 1. The van der Waals surface area contributed by atoms with Crippen LogP contribution >= 0.6 is 0 Å². The molecule has 0 bridgehead atoms. The number of benzene rings is 1. The molecule has 10 nitrogen and oxygen atoms in total. The molecule has 0 saturated heterocycles. The van der Waals surface area contributed by atoms with Gasteiger partial charge in [0, 0.05) is 6.54 Å².